The Kier molecular flexibility index (Phi) is 8.07. The number of aryl methyl sites for hydroxylation is 1. The van der Waals surface area contributed by atoms with E-state index < -0.39 is 41.3 Å². The molecule has 2 heterocycles. The number of benzene rings is 4. The average Bonchev–Trinajstić information content (AvgIpc) is 3.35. The molecule has 4 atom stereocenters. The zero-order chi connectivity index (χ0) is 29.8. The fraction of sp³-hybridized carbons (Fsp3) is 0.200. The summed E-state index contributed by atoms with van der Waals surface area (Å²) in [6.45, 7) is 1.62. The molecule has 1 saturated heterocycles. The Bertz CT molecular complexity index is 1660. The van der Waals surface area contributed by atoms with Gasteiger partial charge in [-0.25, -0.2) is 4.79 Å². The third-order valence-electron chi connectivity index (χ3n) is 7.90. The van der Waals surface area contributed by atoms with Crippen molar-refractivity contribution in [2.75, 3.05) is 11.9 Å². The number of H-pyrrole nitrogens is 1. The molecule has 1 aliphatic heterocycles. The van der Waals surface area contributed by atoms with E-state index in [9.17, 15) is 14.7 Å². The van der Waals surface area contributed by atoms with Crippen LogP contribution < -0.4 is 16.6 Å². The Labute approximate surface area is 249 Å². The number of aromatic nitrogens is 2. The van der Waals surface area contributed by atoms with Crippen LogP contribution in [0.15, 0.2) is 137 Å². The van der Waals surface area contributed by atoms with E-state index in [1.54, 1.807) is 6.92 Å². The molecule has 8 nitrogen and oxygen atoms in total. The molecule has 1 aliphatic rings. The van der Waals surface area contributed by atoms with Crippen molar-refractivity contribution in [3.8, 4) is 0 Å². The van der Waals surface area contributed by atoms with Crippen LogP contribution in [0, 0.1) is 6.92 Å². The van der Waals surface area contributed by atoms with Crippen LogP contribution in [0.25, 0.3) is 0 Å². The predicted octanol–water partition coefficient (Wildman–Crippen LogP) is 4.59. The highest BCUT2D eigenvalue weighted by Crippen LogP contribution is 2.42. The van der Waals surface area contributed by atoms with Gasteiger partial charge in [-0.05, 0) is 35.7 Å². The van der Waals surface area contributed by atoms with Gasteiger partial charge >= 0.3 is 5.69 Å². The number of aliphatic hydroxyl groups is 1. The molecule has 8 heteroatoms. The van der Waals surface area contributed by atoms with Gasteiger partial charge < -0.3 is 19.9 Å². The first-order valence-corrected chi connectivity index (χ1v) is 14.2. The second-order valence-corrected chi connectivity index (χ2v) is 10.7. The molecule has 0 unspecified atom stereocenters. The molecule has 3 N–H and O–H groups in total. The van der Waals surface area contributed by atoms with Gasteiger partial charge in [0.05, 0.1) is 6.61 Å². The van der Waals surface area contributed by atoms with E-state index in [1.165, 1.54) is 10.8 Å². The Balaban J connectivity index is 1.40. The van der Waals surface area contributed by atoms with Crippen molar-refractivity contribution in [2.24, 2.45) is 0 Å². The summed E-state index contributed by atoms with van der Waals surface area (Å²) in [5.41, 5.74) is 1.76. The molecule has 218 valence electrons. The minimum Gasteiger partial charge on any atom is -0.388 e. The monoisotopic (exact) mass is 575 g/mol. The smallest absolute Gasteiger partial charge is 0.330 e. The molecule has 5 aromatic rings. The summed E-state index contributed by atoms with van der Waals surface area (Å²) in [6.07, 6.45) is -1.35. The van der Waals surface area contributed by atoms with Gasteiger partial charge in [0.25, 0.3) is 5.56 Å². The fourth-order valence-electron chi connectivity index (χ4n) is 5.76. The van der Waals surface area contributed by atoms with E-state index in [0.717, 1.165) is 22.4 Å². The normalized spacial score (nSPS) is 20.1. The lowest BCUT2D eigenvalue weighted by molar-refractivity contribution is -0.0945. The van der Waals surface area contributed by atoms with Crippen LogP contribution in [0.5, 0.6) is 0 Å². The van der Waals surface area contributed by atoms with E-state index >= 15 is 0 Å². The number of hydrogen-bond donors (Lipinski definition) is 3. The average molecular weight is 576 g/mol. The lowest BCUT2D eigenvalue weighted by atomic mass is 9.80. The Morgan fingerprint density at radius 3 is 1.81 bits per heavy atom. The molecule has 1 fully saturated rings. The molecule has 43 heavy (non-hydrogen) atoms. The fourth-order valence-corrected chi connectivity index (χ4v) is 5.76. The summed E-state index contributed by atoms with van der Waals surface area (Å²) in [5, 5.41) is 15.1. The van der Waals surface area contributed by atoms with Gasteiger partial charge in [-0.15, -0.1) is 0 Å². The molecule has 1 aromatic heterocycles. The predicted molar refractivity (Wildman–Crippen MR) is 165 cm³/mol. The lowest BCUT2D eigenvalue weighted by Crippen LogP contribution is -2.43. The minimum absolute atomic E-state index is 0.000402. The van der Waals surface area contributed by atoms with E-state index in [0.29, 0.717) is 5.56 Å². The van der Waals surface area contributed by atoms with Crippen molar-refractivity contribution in [3.05, 3.63) is 171 Å². The van der Waals surface area contributed by atoms with Gasteiger partial charge in [0.1, 0.15) is 23.9 Å². The largest absolute Gasteiger partial charge is 0.388 e. The summed E-state index contributed by atoms with van der Waals surface area (Å²) in [7, 11) is 0. The Morgan fingerprint density at radius 2 is 1.30 bits per heavy atom. The van der Waals surface area contributed by atoms with Crippen LogP contribution in [-0.2, 0) is 15.1 Å². The number of para-hydroxylation sites is 1. The highest BCUT2D eigenvalue weighted by Gasteiger charge is 2.47. The van der Waals surface area contributed by atoms with Gasteiger partial charge in [0, 0.05) is 17.4 Å². The number of aliphatic hydroxyl groups excluding tert-OH is 1. The number of rotatable bonds is 9. The molecule has 4 aromatic carbocycles. The van der Waals surface area contributed by atoms with Crippen LogP contribution >= 0.6 is 0 Å². The van der Waals surface area contributed by atoms with E-state index in [4.69, 9.17) is 9.47 Å². The van der Waals surface area contributed by atoms with Gasteiger partial charge in [-0.1, -0.05) is 109 Å². The van der Waals surface area contributed by atoms with Crippen molar-refractivity contribution in [1.82, 2.24) is 9.55 Å². The standard InChI is InChI=1S/C35H33N3O5/c1-24-22-38(34(41)37-32(24)40)33-30(36-28-20-12-5-13-21-28)31(39)29(43-33)23-42-35(25-14-6-2-7-15-25,26-16-8-3-9-17-26)27-18-10-4-11-19-27/h2-22,29-31,33,36,39H,23H2,1H3,(H,37,40,41)/t29-,30-,31-,33-/m1/s1. The number of hydrogen-bond acceptors (Lipinski definition) is 6. The minimum atomic E-state index is -1.07. The summed E-state index contributed by atoms with van der Waals surface area (Å²) >= 11 is 0. The van der Waals surface area contributed by atoms with Crippen molar-refractivity contribution in [2.45, 2.75) is 37.0 Å². The first kappa shape index (κ1) is 28.4. The quantitative estimate of drug-likeness (QED) is 0.222. The highest BCUT2D eigenvalue weighted by molar-refractivity contribution is 5.48. The summed E-state index contributed by atoms with van der Waals surface area (Å²) < 4.78 is 14.7. The number of ether oxygens (including phenoxy) is 2. The van der Waals surface area contributed by atoms with E-state index in [-0.39, 0.29) is 6.61 Å². The van der Waals surface area contributed by atoms with Gasteiger partial charge in [-0.2, -0.15) is 0 Å². The maximum atomic E-state index is 12.9. The topological polar surface area (TPSA) is 106 Å². The molecular weight excluding hydrogens is 542 g/mol. The zero-order valence-electron chi connectivity index (χ0n) is 23.7. The maximum Gasteiger partial charge on any atom is 0.330 e. The Morgan fingerprint density at radius 1 is 0.814 bits per heavy atom. The first-order valence-electron chi connectivity index (χ1n) is 14.2. The molecule has 0 amide bonds. The molecule has 0 spiro atoms. The third kappa shape index (κ3) is 5.56. The summed E-state index contributed by atoms with van der Waals surface area (Å²) in [6, 6.07) is 38.6. The number of nitrogens with zero attached hydrogens (tertiary/aromatic N) is 1. The summed E-state index contributed by atoms with van der Waals surface area (Å²) in [4.78, 5) is 27.4. The van der Waals surface area contributed by atoms with Crippen LogP contribution in [0.2, 0.25) is 0 Å². The molecule has 0 aliphatic carbocycles. The molecular formula is C35H33N3O5. The first-order chi connectivity index (χ1) is 21.0. The summed E-state index contributed by atoms with van der Waals surface area (Å²) in [5.74, 6) is 0. The molecule has 6 rings (SSSR count). The van der Waals surface area contributed by atoms with Gasteiger partial charge in [0.15, 0.2) is 6.23 Å². The SMILES string of the molecule is Cc1cn([C@@H]2O[C@H](COC(c3ccccc3)(c3ccccc3)c3ccccc3)[C@@H](O)[C@H]2Nc2ccccc2)c(=O)[nH]c1=O. The van der Waals surface area contributed by atoms with E-state index in [1.807, 2.05) is 121 Å². The second-order valence-electron chi connectivity index (χ2n) is 10.7. The third-order valence-corrected chi connectivity index (χ3v) is 7.90. The van der Waals surface area contributed by atoms with Crippen molar-refractivity contribution in [1.29, 1.82) is 0 Å². The molecule has 0 bridgehead atoms. The second kappa shape index (κ2) is 12.2. The van der Waals surface area contributed by atoms with Crippen molar-refractivity contribution >= 4 is 5.69 Å². The number of nitrogens with one attached hydrogen (secondary N) is 2. The van der Waals surface area contributed by atoms with Crippen molar-refractivity contribution in [3.63, 3.8) is 0 Å². The van der Waals surface area contributed by atoms with Crippen LogP contribution in [0.1, 0.15) is 28.5 Å². The Hall–Kier alpha value is -4.76. The zero-order valence-corrected chi connectivity index (χ0v) is 23.7. The van der Waals surface area contributed by atoms with E-state index in [2.05, 4.69) is 10.3 Å². The van der Waals surface area contributed by atoms with Crippen LogP contribution in [0.4, 0.5) is 5.69 Å². The maximum absolute atomic E-state index is 12.9. The van der Waals surface area contributed by atoms with Crippen LogP contribution in [0.3, 0.4) is 0 Å². The van der Waals surface area contributed by atoms with Gasteiger partial charge in [0.2, 0.25) is 0 Å². The van der Waals surface area contributed by atoms with Crippen molar-refractivity contribution < 1.29 is 14.6 Å². The van der Waals surface area contributed by atoms with Crippen LogP contribution in [-0.4, -0.2) is 39.5 Å². The molecule has 0 radical (unpaired) electrons. The number of aromatic amines is 1. The highest BCUT2D eigenvalue weighted by atomic mass is 16.6. The lowest BCUT2D eigenvalue weighted by Gasteiger charge is -2.37. The molecule has 0 saturated carbocycles. The van der Waals surface area contributed by atoms with Gasteiger partial charge in [-0.3, -0.25) is 14.3 Å². The number of anilines is 1.